The maximum Gasteiger partial charge on any atom is -0.00554 e. The highest BCUT2D eigenvalue weighted by Gasteiger charge is 1.88. The second kappa shape index (κ2) is 5.92. The van der Waals surface area contributed by atoms with Gasteiger partial charge in [0.25, 0.3) is 0 Å². The van der Waals surface area contributed by atoms with Crippen LogP contribution < -0.4 is 0 Å². The maximum absolute atomic E-state index is 2.22. The minimum absolute atomic E-state index is 0.971. The van der Waals surface area contributed by atoms with Crippen molar-refractivity contribution >= 4 is 6.08 Å². The summed E-state index contributed by atoms with van der Waals surface area (Å²) in [6, 6.07) is 20.8. The Balaban J connectivity index is 1.83. The molecule has 0 saturated carbocycles. The lowest BCUT2D eigenvalue weighted by Gasteiger charge is -1.96. The fourth-order valence-electron chi connectivity index (χ4n) is 1.56. The van der Waals surface area contributed by atoms with E-state index in [1.165, 1.54) is 11.1 Å². The molecule has 0 aliphatic carbocycles. The summed E-state index contributed by atoms with van der Waals surface area (Å²) in [5.74, 6) is 0. The van der Waals surface area contributed by atoms with Crippen LogP contribution in [0.2, 0.25) is 0 Å². The molecule has 0 aliphatic rings. The summed E-state index contributed by atoms with van der Waals surface area (Å²) in [6.07, 6.45) is 7.53. The van der Waals surface area contributed by atoms with Gasteiger partial charge in [-0.15, -0.1) is 0 Å². The molecule has 2 rings (SSSR count). The predicted molar refractivity (Wildman–Crippen MR) is 69.9 cm³/mol. The second-order valence-corrected chi connectivity index (χ2v) is 3.66. The van der Waals surface area contributed by atoms with E-state index in [2.05, 4.69) is 67.1 Å². The van der Waals surface area contributed by atoms with Crippen molar-refractivity contribution < 1.29 is 0 Å². The van der Waals surface area contributed by atoms with Gasteiger partial charge in [0, 0.05) is 0 Å². The smallest absolute Gasteiger partial charge is 0.00554 e. The topological polar surface area (TPSA) is 0 Å². The van der Waals surface area contributed by atoms with Gasteiger partial charge in [-0.05, 0) is 24.0 Å². The average molecular weight is 207 g/mol. The van der Waals surface area contributed by atoms with Crippen molar-refractivity contribution in [3.05, 3.63) is 84.3 Å². The van der Waals surface area contributed by atoms with Crippen molar-refractivity contribution in [2.45, 2.75) is 6.42 Å². The van der Waals surface area contributed by atoms with Crippen LogP contribution >= 0.6 is 0 Å². The van der Waals surface area contributed by atoms with Crippen LogP contribution in [-0.4, -0.2) is 0 Å². The van der Waals surface area contributed by atoms with Gasteiger partial charge in [0.15, 0.2) is 0 Å². The molecule has 0 N–H and O–H groups in total. The normalized spacial score (nSPS) is 10.8. The Morgan fingerprint density at radius 2 is 1.25 bits per heavy atom. The van der Waals surface area contributed by atoms with Gasteiger partial charge in [-0.1, -0.05) is 72.8 Å². The molecule has 16 heavy (non-hydrogen) atoms. The van der Waals surface area contributed by atoms with E-state index in [1.807, 2.05) is 12.1 Å². The van der Waals surface area contributed by atoms with Crippen molar-refractivity contribution in [2.24, 2.45) is 0 Å². The first kappa shape index (κ1) is 10.7. The number of hydrogen-bond donors (Lipinski definition) is 0. The van der Waals surface area contributed by atoms with Gasteiger partial charge in [0.2, 0.25) is 0 Å². The lowest BCUT2D eigenvalue weighted by Crippen LogP contribution is -1.78. The molecule has 0 saturated heterocycles. The van der Waals surface area contributed by atoms with Gasteiger partial charge >= 0.3 is 0 Å². The van der Waals surface area contributed by atoms with Gasteiger partial charge in [0.05, 0.1) is 0 Å². The summed E-state index contributed by atoms with van der Waals surface area (Å²) in [5, 5.41) is 0. The van der Waals surface area contributed by atoms with Crippen molar-refractivity contribution in [2.75, 3.05) is 0 Å². The van der Waals surface area contributed by atoms with E-state index >= 15 is 0 Å². The lowest BCUT2D eigenvalue weighted by atomic mass is 10.1. The number of hydrogen-bond acceptors (Lipinski definition) is 0. The van der Waals surface area contributed by atoms with Crippen LogP contribution in [0.15, 0.2) is 66.7 Å². The predicted octanol–water partition coefficient (Wildman–Crippen LogP) is 4.34. The summed E-state index contributed by atoms with van der Waals surface area (Å²) < 4.78 is 0. The van der Waals surface area contributed by atoms with Crippen LogP contribution in [0.5, 0.6) is 0 Å². The van der Waals surface area contributed by atoms with Crippen molar-refractivity contribution in [1.82, 2.24) is 0 Å². The van der Waals surface area contributed by atoms with E-state index in [0.717, 1.165) is 6.42 Å². The van der Waals surface area contributed by atoms with Gasteiger partial charge in [-0.25, -0.2) is 0 Å². The minimum atomic E-state index is 0.971. The molecule has 0 heteroatoms. The number of allylic oxidation sites excluding steroid dienone is 1. The minimum Gasteiger partial charge on any atom is -0.0833 e. The fraction of sp³-hybridized carbons (Fsp3) is 0.0625. The lowest BCUT2D eigenvalue weighted by molar-refractivity contribution is 1.25. The first-order valence-corrected chi connectivity index (χ1v) is 5.55. The van der Waals surface area contributed by atoms with E-state index in [4.69, 9.17) is 0 Å². The van der Waals surface area contributed by atoms with E-state index in [0.29, 0.717) is 0 Å². The quantitative estimate of drug-likeness (QED) is 0.699. The summed E-state index contributed by atoms with van der Waals surface area (Å²) in [7, 11) is 0. The zero-order valence-electron chi connectivity index (χ0n) is 9.21. The molecule has 1 radical (unpaired) electrons. The van der Waals surface area contributed by atoms with Crippen molar-refractivity contribution in [3.8, 4) is 0 Å². The Kier molecular flexibility index (Phi) is 3.95. The monoisotopic (exact) mass is 207 g/mol. The third kappa shape index (κ3) is 3.39. The van der Waals surface area contributed by atoms with Crippen LogP contribution in [0.3, 0.4) is 0 Å². The SMILES string of the molecule is [CH](C/C=C\c1ccccc1)c1ccccc1. The van der Waals surface area contributed by atoms with Gasteiger partial charge < -0.3 is 0 Å². The molecule has 0 fully saturated rings. The molecule has 2 aromatic rings. The van der Waals surface area contributed by atoms with Gasteiger partial charge in [-0.3, -0.25) is 0 Å². The number of benzene rings is 2. The second-order valence-electron chi connectivity index (χ2n) is 3.66. The molecule has 79 valence electrons. The first-order chi connectivity index (χ1) is 7.95. The molecule has 0 bridgehead atoms. The Hall–Kier alpha value is -1.82. The molecule has 0 nitrogen and oxygen atoms in total. The maximum atomic E-state index is 2.22. The Morgan fingerprint density at radius 1 is 0.688 bits per heavy atom. The summed E-state index contributed by atoms with van der Waals surface area (Å²) in [6.45, 7) is 0. The van der Waals surface area contributed by atoms with Gasteiger partial charge in [0.1, 0.15) is 0 Å². The van der Waals surface area contributed by atoms with Crippen LogP contribution in [-0.2, 0) is 0 Å². The molecule has 0 aliphatic heterocycles. The average Bonchev–Trinajstić information content (AvgIpc) is 2.37. The zero-order chi connectivity index (χ0) is 11.1. The van der Waals surface area contributed by atoms with Crippen LogP contribution in [0.25, 0.3) is 6.08 Å². The third-order valence-electron chi connectivity index (χ3n) is 2.40. The molecule has 0 heterocycles. The Labute approximate surface area is 97.3 Å². The van der Waals surface area contributed by atoms with E-state index in [-0.39, 0.29) is 0 Å². The molecule has 0 aromatic heterocycles. The van der Waals surface area contributed by atoms with E-state index < -0.39 is 0 Å². The zero-order valence-corrected chi connectivity index (χ0v) is 9.21. The molecular weight excluding hydrogens is 192 g/mol. The summed E-state index contributed by atoms with van der Waals surface area (Å²) >= 11 is 0. The Morgan fingerprint density at radius 3 is 1.88 bits per heavy atom. The fourth-order valence-corrected chi connectivity index (χ4v) is 1.56. The molecule has 2 aromatic carbocycles. The van der Waals surface area contributed by atoms with Crippen molar-refractivity contribution in [1.29, 1.82) is 0 Å². The first-order valence-electron chi connectivity index (χ1n) is 5.55. The largest absolute Gasteiger partial charge is 0.0833 e. The van der Waals surface area contributed by atoms with Gasteiger partial charge in [-0.2, -0.15) is 0 Å². The molecule has 0 unspecified atom stereocenters. The highest BCUT2D eigenvalue weighted by Crippen LogP contribution is 2.07. The number of rotatable bonds is 4. The highest BCUT2D eigenvalue weighted by molar-refractivity contribution is 5.49. The Bertz CT molecular complexity index is 426. The third-order valence-corrected chi connectivity index (χ3v) is 2.40. The molecule has 0 spiro atoms. The van der Waals surface area contributed by atoms with E-state index in [1.54, 1.807) is 0 Å². The molecule has 0 amide bonds. The molecular formula is C16H15. The molecule has 0 atom stereocenters. The van der Waals surface area contributed by atoms with Crippen molar-refractivity contribution in [3.63, 3.8) is 0 Å². The van der Waals surface area contributed by atoms with Crippen LogP contribution in [0, 0.1) is 6.42 Å². The van der Waals surface area contributed by atoms with Crippen LogP contribution in [0.1, 0.15) is 17.5 Å². The standard InChI is InChI=1S/C16H15/c1-3-9-15(10-4-1)13-7-8-14-16-11-5-2-6-12-16/h1-7,9-14H,8H2/b13-7-. The van der Waals surface area contributed by atoms with E-state index in [9.17, 15) is 0 Å². The highest BCUT2D eigenvalue weighted by atomic mass is 13.9. The summed E-state index contributed by atoms with van der Waals surface area (Å²) in [5.41, 5.74) is 2.53. The van der Waals surface area contributed by atoms with Crippen LogP contribution in [0.4, 0.5) is 0 Å². The summed E-state index contributed by atoms with van der Waals surface area (Å²) in [4.78, 5) is 0.